The third kappa shape index (κ3) is 5.12. The number of aryl methyl sites for hydroxylation is 2. The lowest BCUT2D eigenvalue weighted by molar-refractivity contribution is -0.387. The lowest BCUT2D eigenvalue weighted by Crippen LogP contribution is -2.28. The first-order chi connectivity index (χ1) is 16.0. The molecule has 1 N–H and O–H groups in total. The molecule has 0 bridgehead atoms. The molecule has 1 amide bonds. The SMILES string of the molecule is CCc1ccc(C(NC(=O)c2ccc(Sc3nncn3C)c([N+](=O)[O-])c2)c2cccs2)cc1. The van der Waals surface area contributed by atoms with E-state index in [4.69, 9.17) is 0 Å². The van der Waals surface area contributed by atoms with Gasteiger partial charge in [-0.3, -0.25) is 14.9 Å². The van der Waals surface area contributed by atoms with Crippen molar-refractivity contribution in [3.8, 4) is 0 Å². The minimum atomic E-state index is -0.490. The maximum absolute atomic E-state index is 13.1. The van der Waals surface area contributed by atoms with Crippen LogP contribution < -0.4 is 5.32 Å². The van der Waals surface area contributed by atoms with Crippen LogP contribution in [0.1, 0.15) is 39.3 Å². The topological polar surface area (TPSA) is 103 Å². The van der Waals surface area contributed by atoms with Crippen LogP contribution in [-0.2, 0) is 13.5 Å². The molecule has 0 aliphatic carbocycles. The van der Waals surface area contributed by atoms with Crippen molar-refractivity contribution in [3.05, 3.63) is 98.0 Å². The van der Waals surface area contributed by atoms with Crippen molar-refractivity contribution in [1.82, 2.24) is 20.1 Å². The summed E-state index contributed by atoms with van der Waals surface area (Å²) in [7, 11) is 1.76. The van der Waals surface area contributed by atoms with Crippen LogP contribution in [0.25, 0.3) is 0 Å². The van der Waals surface area contributed by atoms with Crippen LogP contribution in [0.4, 0.5) is 5.69 Å². The molecule has 0 saturated heterocycles. The number of aromatic nitrogens is 3. The highest BCUT2D eigenvalue weighted by Crippen LogP contribution is 2.34. The van der Waals surface area contributed by atoms with Gasteiger partial charge in [-0.15, -0.1) is 21.5 Å². The van der Waals surface area contributed by atoms with E-state index in [1.165, 1.54) is 18.0 Å². The van der Waals surface area contributed by atoms with Crippen molar-refractivity contribution in [2.75, 3.05) is 0 Å². The fourth-order valence-electron chi connectivity index (χ4n) is 3.29. The molecule has 10 heteroatoms. The monoisotopic (exact) mass is 479 g/mol. The van der Waals surface area contributed by atoms with Crippen LogP contribution in [0.5, 0.6) is 0 Å². The van der Waals surface area contributed by atoms with Crippen molar-refractivity contribution >= 4 is 34.7 Å². The number of nitrogens with one attached hydrogen (secondary N) is 1. The number of carbonyl (C=O) groups is 1. The van der Waals surface area contributed by atoms with Crippen molar-refractivity contribution in [2.45, 2.75) is 29.4 Å². The van der Waals surface area contributed by atoms with Gasteiger partial charge in [-0.2, -0.15) is 0 Å². The van der Waals surface area contributed by atoms with Crippen LogP contribution >= 0.6 is 23.1 Å². The molecule has 2 aromatic heterocycles. The van der Waals surface area contributed by atoms with Crippen LogP contribution in [0.3, 0.4) is 0 Å². The number of nitrogens with zero attached hydrogens (tertiary/aromatic N) is 4. The summed E-state index contributed by atoms with van der Waals surface area (Å²) in [5.74, 6) is -0.383. The first kappa shape index (κ1) is 22.7. The van der Waals surface area contributed by atoms with Gasteiger partial charge in [0.15, 0.2) is 5.16 Å². The van der Waals surface area contributed by atoms with Gasteiger partial charge in [-0.1, -0.05) is 37.3 Å². The van der Waals surface area contributed by atoms with Gasteiger partial charge in [0.1, 0.15) is 6.33 Å². The minimum Gasteiger partial charge on any atom is -0.340 e. The Bertz CT molecular complexity index is 1270. The van der Waals surface area contributed by atoms with Crippen LogP contribution in [-0.4, -0.2) is 25.6 Å². The maximum Gasteiger partial charge on any atom is 0.284 e. The van der Waals surface area contributed by atoms with E-state index in [1.807, 2.05) is 41.8 Å². The second-order valence-corrected chi connectivity index (χ2v) is 9.27. The Morgan fingerprint density at radius 1 is 1.24 bits per heavy atom. The number of thiophene rings is 1. The first-order valence-electron chi connectivity index (χ1n) is 10.2. The van der Waals surface area contributed by atoms with Crippen molar-refractivity contribution in [2.24, 2.45) is 7.05 Å². The standard InChI is InChI=1S/C23H21N5O3S2/c1-3-15-6-8-16(9-7-15)21(20-5-4-12-32-20)25-22(29)17-10-11-19(18(13-17)28(30)31)33-23-26-24-14-27(23)2/h4-14,21H,3H2,1-2H3,(H,25,29). The summed E-state index contributed by atoms with van der Waals surface area (Å²) in [6.07, 6.45) is 2.45. The quantitative estimate of drug-likeness (QED) is 0.281. The van der Waals surface area contributed by atoms with Gasteiger partial charge in [0.2, 0.25) is 0 Å². The number of rotatable bonds is 8. The molecule has 4 aromatic rings. The lowest BCUT2D eigenvalue weighted by atomic mass is 10.0. The number of nitro benzene ring substituents is 1. The molecule has 0 spiro atoms. The zero-order valence-corrected chi connectivity index (χ0v) is 19.6. The van der Waals surface area contributed by atoms with Crippen LogP contribution in [0.2, 0.25) is 0 Å². The second-order valence-electron chi connectivity index (χ2n) is 7.28. The molecular weight excluding hydrogens is 458 g/mol. The Balaban J connectivity index is 1.62. The van der Waals surface area contributed by atoms with Crippen molar-refractivity contribution in [1.29, 1.82) is 0 Å². The molecule has 2 aromatic carbocycles. The second kappa shape index (κ2) is 9.97. The fourth-order valence-corrected chi connectivity index (χ4v) is 4.94. The van der Waals surface area contributed by atoms with Gasteiger partial charge in [-0.25, -0.2) is 0 Å². The number of nitro groups is 1. The lowest BCUT2D eigenvalue weighted by Gasteiger charge is -2.19. The van der Waals surface area contributed by atoms with E-state index >= 15 is 0 Å². The molecule has 2 heterocycles. The number of carbonyl (C=O) groups excluding carboxylic acids is 1. The fraction of sp³-hybridized carbons (Fsp3) is 0.174. The highest BCUT2D eigenvalue weighted by atomic mass is 32.2. The summed E-state index contributed by atoms with van der Waals surface area (Å²) >= 11 is 2.67. The number of benzene rings is 2. The summed E-state index contributed by atoms with van der Waals surface area (Å²) in [4.78, 5) is 25.7. The summed E-state index contributed by atoms with van der Waals surface area (Å²) < 4.78 is 1.67. The predicted molar refractivity (Wildman–Crippen MR) is 128 cm³/mol. The van der Waals surface area contributed by atoms with E-state index in [1.54, 1.807) is 35.1 Å². The molecule has 1 unspecified atom stereocenters. The van der Waals surface area contributed by atoms with E-state index in [0.29, 0.717) is 10.1 Å². The summed E-state index contributed by atoms with van der Waals surface area (Å²) in [5.41, 5.74) is 2.22. The number of hydrogen-bond acceptors (Lipinski definition) is 7. The molecule has 1 atom stereocenters. The third-order valence-corrected chi connectivity index (χ3v) is 7.17. The van der Waals surface area contributed by atoms with Crippen LogP contribution in [0, 0.1) is 10.1 Å². The molecular formula is C23H21N5O3S2. The van der Waals surface area contributed by atoms with Crippen molar-refractivity contribution in [3.63, 3.8) is 0 Å². The van der Waals surface area contributed by atoms with Gasteiger partial charge in [0.25, 0.3) is 11.6 Å². The molecule has 8 nitrogen and oxygen atoms in total. The highest BCUT2D eigenvalue weighted by Gasteiger charge is 2.23. The Kier molecular flexibility index (Phi) is 6.85. The van der Waals surface area contributed by atoms with E-state index in [-0.39, 0.29) is 23.2 Å². The average molecular weight is 480 g/mol. The smallest absolute Gasteiger partial charge is 0.284 e. The van der Waals surface area contributed by atoms with Gasteiger partial charge in [-0.05, 0) is 52.9 Å². The van der Waals surface area contributed by atoms with Gasteiger partial charge >= 0.3 is 0 Å². The molecule has 0 saturated carbocycles. The molecule has 168 valence electrons. The molecule has 0 aliphatic rings. The average Bonchev–Trinajstić information content (AvgIpc) is 3.50. The predicted octanol–water partition coefficient (Wildman–Crippen LogP) is 5.02. The van der Waals surface area contributed by atoms with Gasteiger partial charge < -0.3 is 9.88 Å². The van der Waals surface area contributed by atoms with Crippen LogP contribution in [0.15, 0.2) is 76.4 Å². The maximum atomic E-state index is 13.1. The first-order valence-corrected chi connectivity index (χ1v) is 11.9. The van der Waals surface area contributed by atoms with E-state index < -0.39 is 4.92 Å². The Hall–Kier alpha value is -3.50. The summed E-state index contributed by atoms with van der Waals surface area (Å²) in [6, 6.07) is 16.1. The zero-order valence-electron chi connectivity index (χ0n) is 18.0. The minimum absolute atomic E-state index is 0.157. The van der Waals surface area contributed by atoms with Gasteiger partial charge in [0.05, 0.1) is 15.9 Å². The van der Waals surface area contributed by atoms with E-state index in [0.717, 1.165) is 28.6 Å². The number of hydrogen-bond donors (Lipinski definition) is 1. The summed E-state index contributed by atoms with van der Waals surface area (Å²) in [5, 5.41) is 25.0. The number of amides is 1. The Morgan fingerprint density at radius 2 is 2.03 bits per heavy atom. The Morgan fingerprint density at radius 3 is 2.64 bits per heavy atom. The van der Waals surface area contributed by atoms with E-state index in [2.05, 4.69) is 22.4 Å². The Labute approximate surface area is 198 Å². The third-order valence-electron chi connectivity index (χ3n) is 5.11. The molecule has 0 fully saturated rings. The largest absolute Gasteiger partial charge is 0.340 e. The highest BCUT2D eigenvalue weighted by molar-refractivity contribution is 7.99. The molecule has 33 heavy (non-hydrogen) atoms. The summed E-state index contributed by atoms with van der Waals surface area (Å²) in [6.45, 7) is 2.09. The molecule has 4 rings (SSSR count). The molecule has 0 aliphatic heterocycles. The molecule has 0 radical (unpaired) electrons. The van der Waals surface area contributed by atoms with E-state index in [9.17, 15) is 14.9 Å². The van der Waals surface area contributed by atoms with Gasteiger partial charge in [0, 0.05) is 23.6 Å². The normalized spacial score (nSPS) is 11.8. The van der Waals surface area contributed by atoms with Crippen molar-refractivity contribution < 1.29 is 9.72 Å². The zero-order chi connectivity index (χ0) is 23.4.